The molecule has 3 N–H and O–H groups in total. The Morgan fingerprint density at radius 1 is 1.28 bits per heavy atom. The van der Waals surface area contributed by atoms with Gasteiger partial charge in [-0.1, -0.05) is 24.3 Å². The Bertz CT molecular complexity index is 855. The van der Waals surface area contributed by atoms with E-state index in [1.807, 2.05) is 6.07 Å². The molecule has 0 radical (unpaired) electrons. The van der Waals surface area contributed by atoms with E-state index in [4.69, 9.17) is 0 Å². The first-order chi connectivity index (χ1) is 14.1. The first-order valence-electron chi connectivity index (χ1n) is 10.1. The third kappa shape index (κ3) is 5.09. The van der Waals surface area contributed by atoms with Crippen LogP contribution in [0.3, 0.4) is 0 Å². The van der Waals surface area contributed by atoms with Crippen molar-refractivity contribution in [3.63, 3.8) is 0 Å². The molecular formula is C21H28N6O2. The molecule has 1 amide bonds. The highest BCUT2D eigenvalue weighted by Gasteiger charge is 2.23. The van der Waals surface area contributed by atoms with Crippen LogP contribution in [0, 0.1) is 0 Å². The van der Waals surface area contributed by atoms with E-state index in [-0.39, 0.29) is 12.5 Å². The number of aliphatic hydroxyl groups is 1. The van der Waals surface area contributed by atoms with Crippen LogP contribution < -0.4 is 10.6 Å². The van der Waals surface area contributed by atoms with E-state index in [1.165, 1.54) is 17.5 Å². The van der Waals surface area contributed by atoms with Crippen LogP contribution in [0.2, 0.25) is 0 Å². The number of nitrogens with zero attached hydrogens (tertiary/aromatic N) is 4. The maximum Gasteiger partial charge on any atom is 0.270 e. The van der Waals surface area contributed by atoms with Gasteiger partial charge in [-0.05, 0) is 24.6 Å². The number of rotatable bonds is 7. The Balaban J connectivity index is 1.24. The second kappa shape index (κ2) is 8.86. The van der Waals surface area contributed by atoms with Crippen LogP contribution in [0.5, 0.6) is 0 Å². The van der Waals surface area contributed by atoms with Gasteiger partial charge in [0, 0.05) is 45.3 Å². The van der Waals surface area contributed by atoms with Gasteiger partial charge in [-0.25, -0.2) is 9.97 Å². The summed E-state index contributed by atoms with van der Waals surface area (Å²) >= 11 is 0. The van der Waals surface area contributed by atoms with Crippen molar-refractivity contribution in [1.29, 1.82) is 0 Å². The molecule has 0 saturated carbocycles. The largest absolute Gasteiger partial charge is 0.390 e. The van der Waals surface area contributed by atoms with Gasteiger partial charge >= 0.3 is 0 Å². The van der Waals surface area contributed by atoms with E-state index >= 15 is 0 Å². The lowest BCUT2D eigenvalue weighted by Gasteiger charge is -2.36. The molecule has 2 aliphatic heterocycles. The summed E-state index contributed by atoms with van der Waals surface area (Å²) in [7, 11) is 2.06. The number of likely N-dealkylation sites (tertiary alicyclic amines) is 1. The molecule has 154 valence electrons. The van der Waals surface area contributed by atoms with Gasteiger partial charge in [0.1, 0.15) is 17.8 Å². The van der Waals surface area contributed by atoms with Gasteiger partial charge in [0.25, 0.3) is 5.91 Å². The number of anilines is 1. The summed E-state index contributed by atoms with van der Waals surface area (Å²) in [5.74, 6) is 0.347. The summed E-state index contributed by atoms with van der Waals surface area (Å²) in [6, 6.07) is 10.4. The summed E-state index contributed by atoms with van der Waals surface area (Å²) in [4.78, 5) is 25.1. The van der Waals surface area contributed by atoms with Gasteiger partial charge in [0.2, 0.25) is 0 Å². The number of fused-ring (bicyclic) bond motifs is 1. The highest BCUT2D eigenvalue weighted by atomic mass is 16.3. The second-order valence-corrected chi connectivity index (χ2v) is 7.97. The number of nitrogens with one attached hydrogen (secondary N) is 2. The lowest BCUT2D eigenvalue weighted by Crippen LogP contribution is -2.52. The minimum Gasteiger partial charge on any atom is -0.390 e. The lowest BCUT2D eigenvalue weighted by atomic mass is 10.00. The zero-order valence-electron chi connectivity index (χ0n) is 16.7. The number of hydrogen-bond acceptors (Lipinski definition) is 7. The number of β-amino-alcohol motifs (C(OH)–C–C–N with tert-alkyl or cyclic N) is 1. The Morgan fingerprint density at radius 2 is 2.07 bits per heavy atom. The average Bonchev–Trinajstić information content (AvgIpc) is 2.71. The van der Waals surface area contributed by atoms with E-state index in [0.29, 0.717) is 24.1 Å². The molecular weight excluding hydrogens is 368 g/mol. The predicted molar refractivity (Wildman–Crippen MR) is 111 cm³/mol. The second-order valence-electron chi connectivity index (χ2n) is 7.97. The number of aliphatic hydroxyl groups excluding tert-OH is 1. The van der Waals surface area contributed by atoms with Crippen LogP contribution in [-0.4, -0.2) is 82.7 Å². The molecule has 1 saturated heterocycles. The van der Waals surface area contributed by atoms with Gasteiger partial charge in [-0.15, -0.1) is 0 Å². The average molecular weight is 396 g/mol. The highest BCUT2D eigenvalue weighted by molar-refractivity contribution is 5.92. The highest BCUT2D eigenvalue weighted by Crippen LogP contribution is 2.18. The first-order valence-corrected chi connectivity index (χ1v) is 10.1. The van der Waals surface area contributed by atoms with E-state index in [1.54, 1.807) is 6.07 Å². The SMILES string of the molecule is CN1CC(Nc2cc(C(=O)NCC(O)CN3CCc4ccccc4C3)ncn2)C1. The van der Waals surface area contributed by atoms with Crippen molar-refractivity contribution in [3.8, 4) is 0 Å². The van der Waals surface area contributed by atoms with Gasteiger partial charge in [0.05, 0.1) is 12.1 Å². The minimum atomic E-state index is -0.630. The molecule has 1 atom stereocenters. The zero-order valence-corrected chi connectivity index (χ0v) is 16.7. The number of carbonyl (C=O) groups is 1. The summed E-state index contributed by atoms with van der Waals surface area (Å²) in [5, 5.41) is 16.5. The van der Waals surface area contributed by atoms with Gasteiger partial charge in [-0.2, -0.15) is 0 Å². The summed E-state index contributed by atoms with van der Waals surface area (Å²) < 4.78 is 0. The Hall–Kier alpha value is -2.55. The summed E-state index contributed by atoms with van der Waals surface area (Å²) in [6.45, 7) is 4.38. The van der Waals surface area contributed by atoms with Crippen molar-refractivity contribution in [2.24, 2.45) is 0 Å². The van der Waals surface area contributed by atoms with Gasteiger partial charge < -0.3 is 20.6 Å². The number of hydrogen-bond donors (Lipinski definition) is 3. The van der Waals surface area contributed by atoms with Crippen molar-refractivity contribution in [1.82, 2.24) is 25.1 Å². The van der Waals surface area contributed by atoms with Crippen LogP contribution in [0.15, 0.2) is 36.7 Å². The van der Waals surface area contributed by atoms with E-state index in [2.05, 4.69) is 55.6 Å². The third-order valence-corrected chi connectivity index (χ3v) is 5.49. The molecule has 29 heavy (non-hydrogen) atoms. The number of benzene rings is 1. The van der Waals surface area contributed by atoms with Crippen molar-refractivity contribution >= 4 is 11.7 Å². The van der Waals surface area contributed by atoms with Crippen LogP contribution >= 0.6 is 0 Å². The van der Waals surface area contributed by atoms with Crippen molar-refractivity contribution in [2.45, 2.75) is 25.1 Å². The molecule has 1 aromatic heterocycles. The minimum absolute atomic E-state index is 0.192. The molecule has 1 fully saturated rings. The van der Waals surface area contributed by atoms with Crippen molar-refractivity contribution in [3.05, 3.63) is 53.5 Å². The smallest absolute Gasteiger partial charge is 0.270 e. The Labute approximate surface area is 171 Å². The number of carbonyl (C=O) groups excluding carboxylic acids is 1. The Kier molecular flexibility index (Phi) is 6.03. The molecule has 8 nitrogen and oxygen atoms in total. The molecule has 0 spiro atoms. The maximum atomic E-state index is 12.4. The number of likely N-dealkylation sites (N-methyl/N-ethyl adjacent to an activating group) is 1. The van der Waals surface area contributed by atoms with Crippen molar-refractivity contribution in [2.75, 3.05) is 45.1 Å². The van der Waals surface area contributed by atoms with Gasteiger partial charge in [0.15, 0.2) is 0 Å². The van der Waals surface area contributed by atoms with E-state index < -0.39 is 6.10 Å². The number of amides is 1. The van der Waals surface area contributed by atoms with Crippen LogP contribution in [0.1, 0.15) is 21.6 Å². The first kappa shape index (κ1) is 19.8. The molecule has 2 aliphatic rings. The monoisotopic (exact) mass is 396 g/mol. The van der Waals surface area contributed by atoms with Gasteiger partial charge in [-0.3, -0.25) is 9.69 Å². The molecule has 4 rings (SSSR count). The fourth-order valence-electron chi connectivity index (χ4n) is 3.93. The van der Waals surface area contributed by atoms with E-state index in [0.717, 1.165) is 32.6 Å². The molecule has 0 aliphatic carbocycles. The predicted octanol–water partition coefficient (Wildman–Crippen LogP) is 0.352. The quantitative estimate of drug-likeness (QED) is 0.622. The fourth-order valence-corrected chi connectivity index (χ4v) is 3.93. The fraction of sp³-hybridized carbons (Fsp3) is 0.476. The lowest BCUT2D eigenvalue weighted by molar-refractivity contribution is 0.0838. The van der Waals surface area contributed by atoms with Crippen LogP contribution in [0.25, 0.3) is 0 Å². The molecule has 0 bridgehead atoms. The molecule has 3 heterocycles. The van der Waals surface area contributed by atoms with Crippen LogP contribution in [0.4, 0.5) is 5.82 Å². The van der Waals surface area contributed by atoms with Crippen LogP contribution in [-0.2, 0) is 13.0 Å². The molecule has 1 aromatic carbocycles. The summed E-state index contributed by atoms with van der Waals surface area (Å²) in [6.07, 6.45) is 1.75. The maximum absolute atomic E-state index is 12.4. The standard InChI is InChI=1S/C21H28N6O2/c1-26-11-17(12-26)25-20-8-19(23-14-24-20)21(29)22-9-18(28)13-27-7-6-15-4-2-3-5-16(15)10-27/h2-5,8,14,17-18,28H,6-7,9-13H2,1H3,(H,22,29)(H,23,24,25). The zero-order chi connectivity index (χ0) is 20.2. The molecule has 1 unspecified atom stereocenters. The molecule has 2 aromatic rings. The van der Waals surface area contributed by atoms with Crippen molar-refractivity contribution < 1.29 is 9.90 Å². The summed E-state index contributed by atoms with van der Waals surface area (Å²) in [5.41, 5.74) is 3.00. The third-order valence-electron chi connectivity index (χ3n) is 5.49. The number of aromatic nitrogens is 2. The van der Waals surface area contributed by atoms with E-state index in [9.17, 15) is 9.90 Å². The topological polar surface area (TPSA) is 93.6 Å². The molecule has 8 heteroatoms. The Morgan fingerprint density at radius 3 is 2.86 bits per heavy atom. The normalized spacial score (nSPS) is 18.6.